The molecule has 0 unspecified atom stereocenters. The first-order valence-corrected chi connectivity index (χ1v) is 11.4. The largest absolute Gasteiger partial charge is 0.293 e. The van der Waals surface area contributed by atoms with Crippen molar-refractivity contribution in [3.63, 3.8) is 0 Å². The summed E-state index contributed by atoms with van der Waals surface area (Å²) in [6, 6.07) is 12.4. The van der Waals surface area contributed by atoms with Gasteiger partial charge in [-0.05, 0) is 26.0 Å². The van der Waals surface area contributed by atoms with Crippen molar-refractivity contribution >= 4 is 20.7 Å². The fraction of sp³-hybridized carbons (Fsp3) is 0.476. The van der Waals surface area contributed by atoms with Crippen LogP contribution in [0.2, 0.25) is 0 Å². The lowest BCUT2D eigenvalue weighted by molar-refractivity contribution is 0.0470. The topological polar surface area (TPSA) is 53.5 Å². The maximum Gasteiger partial charge on any atom is 0.153 e. The van der Waals surface area contributed by atoms with Crippen molar-refractivity contribution in [1.82, 2.24) is 14.8 Å². The minimum Gasteiger partial charge on any atom is -0.293 e. The van der Waals surface area contributed by atoms with Gasteiger partial charge in [0.2, 0.25) is 0 Å². The summed E-state index contributed by atoms with van der Waals surface area (Å²) >= 11 is 0. The molecule has 2 aliphatic rings. The third-order valence-corrected chi connectivity index (χ3v) is 7.36. The van der Waals surface area contributed by atoms with E-state index in [2.05, 4.69) is 47.9 Å². The number of piperazine rings is 1. The molecule has 4 rings (SSSR count). The van der Waals surface area contributed by atoms with Gasteiger partial charge >= 0.3 is 0 Å². The van der Waals surface area contributed by atoms with Crippen molar-refractivity contribution < 1.29 is 8.42 Å². The number of nitrogens with zero attached hydrogens (tertiary/aromatic N) is 3. The van der Waals surface area contributed by atoms with Crippen LogP contribution in [-0.4, -0.2) is 66.4 Å². The van der Waals surface area contributed by atoms with E-state index >= 15 is 0 Å². The van der Waals surface area contributed by atoms with Crippen molar-refractivity contribution in [2.45, 2.75) is 32.5 Å². The average Bonchev–Trinajstić information content (AvgIpc) is 2.96. The average molecular weight is 386 g/mol. The van der Waals surface area contributed by atoms with Crippen LogP contribution in [-0.2, 0) is 16.4 Å². The summed E-state index contributed by atoms with van der Waals surface area (Å²) in [5.74, 6) is 0.534. The monoisotopic (exact) mass is 385 g/mol. The van der Waals surface area contributed by atoms with E-state index < -0.39 is 9.84 Å². The molecular weight excluding hydrogens is 358 g/mol. The molecule has 0 saturated carbocycles. The number of fused-ring (bicyclic) bond motifs is 2. The SMILES string of the molecule is CC(C)=CCN1CCN(Cc2ccc3ccccc3n2)[C@@H]2CS(=O)(=O)C[C@@H]21. The molecule has 144 valence electrons. The van der Waals surface area contributed by atoms with Crippen molar-refractivity contribution in [2.24, 2.45) is 0 Å². The molecule has 0 spiro atoms. The van der Waals surface area contributed by atoms with E-state index in [1.54, 1.807) is 0 Å². The Morgan fingerprint density at radius 3 is 2.56 bits per heavy atom. The molecule has 2 aromatic rings. The van der Waals surface area contributed by atoms with E-state index in [1.807, 2.05) is 18.2 Å². The van der Waals surface area contributed by atoms with Crippen LogP contribution in [0.5, 0.6) is 0 Å². The molecular formula is C21H27N3O2S. The van der Waals surface area contributed by atoms with Gasteiger partial charge in [0, 0.05) is 43.6 Å². The van der Waals surface area contributed by atoms with Crippen molar-refractivity contribution in [3.05, 3.63) is 53.7 Å². The van der Waals surface area contributed by atoms with Gasteiger partial charge in [-0.25, -0.2) is 8.42 Å². The van der Waals surface area contributed by atoms with Gasteiger partial charge in [0.25, 0.3) is 0 Å². The van der Waals surface area contributed by atoms with Crippen LogP contribution < -0.4 is 0 Å². The van der Waals surface area contributed by atoms with Gasteiger partial charge in [-0.1, -0.05) is 35.9 Å². The van der Waals surface area contributed by atoms with E-state index in [0.29, 0.717) is 6.54 Å². The lowest BCUT2D eigenvalue weighted by Gasteiger charge is -2.43. The summed E-state index contributed by atoms with van der Waals surface area (Å²) in [4.78, 5) is 9.45. The Bertz CT molecular complexity index is 966. The highest BCUT2D eigenvalue weighted by Gasteiger charge is 2.46. The molecule has 1 aromatic carbocycles. The lowest BCUT2D eigenvalue weighted by Crippen LogP contribution is -2.58. The molecule has 2 atom stereocenters. The number of sulfone groups is 1. The fourth-order valence-corrected chi connectivity index (χ4v) is 6.27. The summed E-state index contributed by atoms with van der Waals surface area (Å²) in [6.07, 6.45) is 2.20. The smallest absolute Gasteiger partial charge is 0.153 e. The molecule has 0 amide bonds. The lowest BCUT2D eigenvalue weighted by atomic mass is 10.0. The second-order valence-corrected chi connectivity index (χ2v) is 10.1. The van der Waals surface area contributed by atoms with Gasteiger partial charge in [0.1, 0.15) is 0 Å². The Kier molecular flexibility index (Phi) is 5.05. The molecule has 0 bridgehead atoms. The Hall–Kier alpha value is -1.76. The van der Waals surface area contributed by atoms with Gasteiger partial charge in [0.15, 0.2) is 9.84 Å². The van der Waals surface area contributed by atoms with Crippen LogP contribution in [0.4, 0.5) is 0 Å². The zero-order chi connectivity index (χ0) is 19.0. The highest BCUT2D eigenvalue weighted by molar-refractivity contribution is 7.91. The van der Waals surface area contributed by atoms with Crippen LogP contribution in [0, 0.1) is 0 Å². The van der Waals surface area contributed by atoms with Gasteiger partial charge in [-0.2, -0.15) is 0 Å². The van der Waals surface area contributed by atoms with Crippen LogP contribution in [0.1, 0.15) is 19.5 Å². The predicted octanol–water partition coefficient (Wildman–Crippen LogP) is 2.48. The third-order valence-electron chi connectivity index (χ3n) is 5.66. The molecule has 2 aliphatic heterocycles. The molecule has 5 nitrogen and oxygen atoms in total. The van der Waals surface area contributed by atoms with E-state index in [1.165, 1.54) is 5.57 Å². The fourth-order valence-electron chi connectivity index (χ4n) is 4.22. The number of aromatic nitrogens is 1. The van der Waals surface area contributed by atoms with Gasteiger partial charge in [-0.15, -0.1) is 0 Å². The van der Waals surface area contributed by atoms with Crippen LogP contribution >= 0.6 is 0 Å². The molecule has 2 fully saturated rings. The predicted molar refractivity (Wildman–Crippen MR) is 109 cm³/mol. The van der Waals surface area contributed by atoms with E-state index in [9.17, 15) is 8.42 Å². The summed E-state index contributed by atoms with van der Waals surface area (Å²) in [5.41, 5.74) is 3.28. The molecule has 6 heteroatoms. The van der Waals surface area contributed by atoms with E-state index in [-0.39, 0.29) is 23.6 Å². The Morgan fingerprint density at radius 2 is 1.78 bits per heavy atom. The van der Waals surface area contributed by atoms with Crippen molar-refractivity contribution in [3.8, 4) is 0 Å². The molecule has 0 aliphatic carbocycles. The van der Waals surface area contributed by atoms with E-state index in [0.717, 1.165) is 36.2 Å². The summed E-state index contributed by atoms with van der Waals surface area (Å²) in [5, 5.41) is 1.13. The summed E-state index contributed by atoms with van der Waals surface area (Å²) < 4.78 is 24.7. The maximum atomic E-state index is 12.4. The first kappa shape index (κ1) is 18.6. The number of hydrogen-bond acceptors (Lipinski definition) is 5. The number of pyridine rings is 1. The first-order chi connectivity index (χ1) is 12.9. The minimum absolute atomic E-state index is 0.0579. The second-order valence-electron chi connectivity index (χ2n) is 7.95. The van der Waals surface area contributed by atoms with Gasteiger partial charge in [0.05, 0.1) is 22.7 Å². The Labute approximate surface area is 161 Å². The number of rotatable bonds is 4. The zero-order valence-corrected chi connectivity index (χ0v) is 16.8. The summed E-state index contributed by atoms with van der Waals surface area (Å²) in [6.45, 7) is 7.49. The molecule has 0 radical (unpaired) electrons. The quantitative estimate of drug-likeness (QED) is 0.757. The molecule has 3 heterocycles. The van der Waals surface area contributed by atoms with Crippen LogP contribution in [0.3, 0.4) is 0 Å². The van der Waals surface area contributed by atoms with Gasteiger partial charge in [-0.3, -0.25) is 14.8 Å². The van der Waals surface area contributed by atoms with Crippen molar-refractivity contribution in [2.75, 3.05) is 31.1 Å². The Morgan fingerprint density at radius 1 is 1.07 bits per heavy atom. The molecule has 27 heavy (non-hydrogen) atoms. The van der Waals surface area contributed by atoms with Crippen molar-refractivity contribution in [1.29, 1.82) is 0 Å². The number of para-hydroxylation sites is 1. The highest BCUT2D eigenvalue weighted by Crippen LogP contribution is 2.28. The maximum absolute atomic E-state index is 12.4. The minimum atomic E-state index is -2.98. The Balaban J connectivity index is 1.55. The number of hydrogen-bond donors (Lipinski definition) is 0. The zero-order valence-electron chi connectivity index (χ0n) is 16.0. The molecule has 0 N–H and O–H groups in total. The normalized spacial score (nSPS) is 25.4. The van der Waals surface area contributed by atoms with Gasteiger partial charge < -0.3 is 0 Å². The van der Waals surface area contributed by atoms with E-state index in [4.69, 9.17) is 4.98 Å². The third kappa shape index (κ3) is 4.08. The molecule has 2 saturated heterocycles. The number of allylic oxidation sites excluding steroid dienone is 1. The standard InChI is InChI=1S/C21H27N3O2S/c1-16(2)9-10-23-11-12-24(21-15-27(25,26)14-20(21)23)13-18-8-7-17-5-3-4-6-19(17)22-18/h3-9,20-21H,10-15H2,1-2H3/t20-,21+/m0/s1. The second kappa shape index (κ2) is 7.34. The van der Waals surface area contributed by atoms with Crippen LogP contribution in [0.25, 0.3) is 10.9 Å². The molecule has 1 aromatic heterocycles. The number of benzene rings is 1. The van der Waals surface area contributed by atoms with Crippen LogP contribution in [0.15, 0.2) is 48.0 Å². The first-order valence-electron chi connectivity index (χ1n) is 9.58. The highest BCUT2D eigenvalue weighted by atomic mass is 32.2. The summed E-state index contributed by atoms with van der Waals surface area (Å²) in [7, 11) is -2.98.